The molecule has 0 unspecified atom stereocenters. The van der Waals surface area contributed by atoms with Crippen LogP contribution in [0.15, 0.2) is 0 Å². The van der Waals surface area contributed by atoms with Gasteiger partial charge in [0.25, 0.3) is 0 Å². The van der Waals surface area contributed by atoms with E-state index in [2.05, 4.69) is 4.74 Å². The standard InChI is InChI=1S/C2H6O2.CH4O.CH2O/c1-4-2-3;2*1-2/h3H,2H2,1H3;2H,1H3;1H2. The molecule has 0 aliphatic rings. The molecule has 4 nitrogen and oxygen atoms in total. The minimum absolute atomic E-state index is 0.181. The zero-order chi connectivity index (χ0) is 7.41. The van der Waals surface area contributed by atoms with Gasteiger partial charge in [-0.3, -0.25) is 0 Å². The SMILES string of the molecule is C=O.CO.COCO. The van der Waals surface area contributed by atoms with Gasteiger partial charge in [0, 0.05) is 14.2 Å². The van der Waals surface area contributed by atoms with Gasteiger partial charge >= 0.3 is 0 Å². The first kappa shape index (κ1) is 15.6. The van der Waals surface area contributed by atoms with Crippen LogP contribution < -0.4 is 0 Å². The van der Waals surface area contributed by atoms with Gasteiger partial charge in [0.05, 0.1) is 0 Å². The van der Waals surface area contributed by atoms with E-state index in [4.69, 9.17) is 15.0 Å². The quantitative estimate of drug-likeness (QED) is 0.440. The van der Waals surface area contributed by atoms with Crippen LogP contribution in [0.4, 0.5) is 0 Å². The monoisotopic (exact) mass is 124 g/mol. The number of aliphatic hydroxyl groups is 2. The average molecular weight is 124 g/mol. The number of methoxy groups -OCH3 is 1. The van der Waals surface area contributed by atoms with Gasteiger partial charge in [-0.2, -0.15) is 0 Å². The van der Waals surface area contributed by atoms with Crippen LogP contribution in [0.5, 0.6) is 0 Å². The lowest BCUT2D eigenvalue weighted by atomic mass is 11.4. The van der Waals surface area contributed by atoms with Crippen LogP contribution in [0.2, 0.25) is 0 Å². The second kappa shape index (κ2) is 84.0. The molecule has 0 atom stereocenters. The van der Waals surface area contributed by atoms with Gasteiger partial charge in [-0.05, 0) is 0 Å². The molecule has 0 saturated heterocycles. The fourth-order valence-electron chi connectivity index (χ4n) is 0. The summed E-state index contributed by atoms with van der Waals surface area (Å²) in [6.45, 7) is 1.82. The van der Waals surface area contributed by atoms with E-state index < -0.39 is 0 Å². The van der Waals surface area contributed by atoms with Crippen LogP contribution in [0.3, 0.4) is 0 Å². The van der Waals surface area contributed by atoms with Crippen LogP contribution in [0.25, 0.3) is 0 Å². The Morgan fingerprint density at radius 3 is 1.62 bits per heavy atom. The summed E-state index contributed by atoms with van der Waals surface area (Å²) < 4.78 is 4.10. The molecule has 0 fully saturated rings. The maximum Gasteiger partial charge on any atom is 0.143 e. The Balaban J connectivity index is -0.0000000542. The van der Waals surface area contributed by atoms with Gasteiger partial charge in [-0.15, -0.1) is 0 Å². The molecule has 0 spiro atoms. The first-order chi connectivity index (χ1) is 3.91. The van der Waals surface area contributed by atoms with Crippen LogP contribution in [0.1, 0.15) is 0 Å². The molecule has 0 aromatic carbocycles. The summed E-state index contributed by atoms with van der Waals surface area (Å²) in [6, 6.07) is 0. The molecular formula is C4H12O4. The Bertz CT molecular complexity index is 15.5. The minimum atomic E-state index is -0.181. The summed E-state index contributed by atoms with van der Waals surface area (Å²) in [5.74, 6) is 0. The summed E-state index contributed by atoms with van der Waals surface area (Å²) >= 11 is 0. The zero-order valence-corrected chi connectivity index (χ0v) is 5.13. The third-order valence-corrected chi connectivity index (χ3v) is 0.129. The lowest BCUT2D eigenvalue weighted by Crippen LogP contribution is -1.79. The molecule has 0 saturated carbocycles. The molecule has 0 rings (SSSR count). The molecule has 0 radical (unpaired) electrons. The highest BCUT2D eigenvalue weighted by atomic mass is 16.6. The van der Waals surface area contributed by atoms with Crippen molar-refractivity contribution in [3.05, 3.63) is 0 Å². The molecule has 0 heterocycles. The van der Waals surface area contributed by atoms with Crippen molar-refractivity contribution in [3.8, 4) is 0 Å². The number of hydrogen-bond donors (Lipinski definition) is 2. The van der Waals surface area contributed by atoms with E-state index >= 15 is 0 Å². The topological polar surface area (TPSA) is 66.8 Å². The van der Waals surface area contributed by atoms with Gasteiger partial charge in [0.15, 0.2) is 0 Å². The molecular weight excluding hydrogens is 112 g/mol. The minimum Gasteiger partial charge on any atom is -0.400 e. The van der Waals surface area contributed by atoms with Crippen molar-refractivity contribution in [3.63, 3.8) is 0 Å². The predicted molar refractivity (Wildman–Crippen MR) is 29.4 cm³/mol. The normalized spacial score (nSPS) is 5.00. The van der Waals surface area contributed by atoms with Crippen LogP contribution in [0, 0.1) is 0 Å². The van der Waals surface area contributed by atoms with Crippen molar-refractivity contribution in [2.75, 3.05) is 21.0 Å². The number of hydrogen-bond acceptors (Lipinski definition) is 4. The molecule has 2 N–H and O–H groups in total. The number of carbonyl (C=O) groups excluding carboxylic acids is 1. The first-order valence-electron chi connectivity index (χ1n) is 1.75. The fourth-order valence-corrected chi connectivity index (χ4v) is 0. The van der Waals surface area contributed by atoms with Crippen molar-refractivity contribution < 1.29 is 19.7 Å². The van der Waals surface area contributed by atoms with Gasteiger partial charge < -0.3 is 19.7 Å². The van der Waals surface area contributed by atoms with Crippen molar-refractivity contribution >= 4 is 6.79 Å². The Morgan fingerprint density at radius 1 is 1.50 bits per heavy atom. The molecule has 0 amide bonds. The van der Waals surface area contributed by atoms with E-state index in [1.165, 1.54) is 7.11 Å². The Hall–Kier alpha value is -0.450. The van der Waals surface area contributed by atoms with Crippen molar-refractivity contribution in [2.24, 2.45) is 0 Å². The van der Waals surface area contributed by atoms with E-state index in [0.717, 1.165) is 7.11 Å². The summed E-state index contributed by atoms with van der Waals surface area (Å²) in [5, 5.41) is 14.7. The molecule has 0 aromatic rings. The van der Waals surface area contributed by atoms with E-state index in [1.807, 2.05) is 6.79 Å². The second-order valence-corrected chi connectivity index (χ2v) is 0.418. The van der Waals surface area contributed by atoms with E-state index in [1.54, 1.807) is 0 Å². The lowest BCUT2D eigenvalue weighted by molar-refractivity contribution is -0.0979. The first-order valence-corrected chi connectivity index (χ1v) is 1.75. The summed E-state index contributed by atoms with van der Waals surface area (Å²) in [4.78, 5) is 8.00. The van der Waals surface area contributed by atoms with Gasteiger partial charge in [0.1, 0.15) is 13.6 Å². The Morgan fingerprint density at radius 2 is 1.62 bits per heavy atom. The zero-order valence-electron chi connectivity index (χ0n) is 5.13. The summed E-state index contributed by atoms with van der Waals surface area (Å²) in [6.07, 6.45) is 0. The van der Waals surface area contributed by atoms with Crippen molar-refractivity contribution in [2.45, 2.75) is 0 Å². The van der Waals surface area contributed by atoms with Crippen LogP contribution in [-0.2, 0) is 9.53 Å². The molecule has 4 heteroatoms. The average Bonchev–Trinajstić information content (AvgIpc) is 1.96. The second-order valence-electron chi connectivity index (χ2n) is 0.418. The van der Waals surface area contributed by atoms with Crippen LogP contribution in [-0.4, -0.2) is 38.0 Å². The number of aliphatic hydroxyl groups excluding tert-OH is 2. The molecule has 8 heavy (non-hydrogen) atoms. The predicted octanol–water partition coefficient (Wildman–Crippen LogP) is -0.994. The fraction of sp³-hybridized carbons (Fsp3) is 0.750. The van der Waals surface area contributed by atoms with Gasteiger partial charge in [-0.25, -0.2) is 0 Å². The molecule has 0 bridgehead atoms. The molecule has 52 valence electrons. The highest BCUT2D eigenvalue weighted by molar-refractivity contribution is 5.10. The molecule has 0 aromatic heterocycles. The van der Waals surface area contributed by atoms with Crippen molar-refractivity contribution in [1.82, 2.24) is 0 Å². The van der Waals surface area contributed by atoms with E-state index in [0.29, 0.717) is 0 Å². The molecule has 0 aliphatic carbocycles. The lowest BCUT2D eigenvalue weighted by Gasteiger charge is -1.76. The summed E-state index contributed by atoms with van der Waals surface area (Å²) in [7, 11) is 2.43. The largest absolute Gasteiger partial charge is 0.400 e. The third-order valence-electron chi connectivity index (χ3n) is 0.129. The smallest absolute Gasteiger partial charge is 0.143 e. The van der Waals surface area contributed by atoms with Crippen LogP contribution >= 0.6 is 0 Å². The highest BCUT2D eigenvalue weighted by Crippen LogP contribution is 1.46. The number of carbonyl (C=O) groups is 1. The number of rotatable bonds is 1. The maximum atomic E-state index is 8.00. The highest BCUT2D eigenvalue weighted by Gasteiger charge is 1.51. The Labute approximate surface area is 48.7 Å². The van der Waals surface area contributed by atoms with Gasteiger partial charge in [0.2, 0.25) is 0 Å². The van der Waals surface area contributed by atoms with E-state index in [-0.39, 0.29) is 6.79 Å². The third kappa shape index (κ3) is 380. The maximum absolute atomic E-state index is 8.00. The number of ether oxygens (including phenoxy) is 1. The summed E-state index contributed by atoms with van der Waals surface area (Å²) in [5.41, 5.74) is 0. The Kier molecular flexibility index (Phi) is 164. The molecule has 0 aliphatic heterocycles. The van der Waals surface area contributed by atoms with E-state index in [9.17, 15) is 0 Å². The van der Waals surface area contributed by atoms with Gasteiger partial charge in [-0.1, -0.05) is 0 Å². The van der Waals surface area contributed by atoms with Crippen molar-refractivity contribution in [1.29, 1.82) is 0 Å².